The van der Waals surface area contributed by atoms with Crippen LogP contribution in [-0.2, 0) is 9.59 Å². The largest absolute Gasteiger partial charge is 0.330 e. The van der Waals surface area contributed by atoms with Gasteiger partial charge in [-0.15, -0.1) is 11.3 Å². The van der Waals surface area contributed by atoms with Crippen LogP contribution in [0.4, 0.5) is 10.8 Å². The van der Waals surface area contributed by atoms with E-state index < -0.39 is 4.92 Å². The van der Waals surface area contributed by atoms with Crippen molar-refractivity contribution in [2.75, 3.05) is 18.4 Å². The summed E-state index contributed by atoms with van der Waals surface area (Å²) in [6.45, 7) is 2.39. The maximum Gasteiger partial charge on any atom is 0.269 e. The third-order valence-electron chi connectivity index (χ3n) is 4.21. The third kappa shape index (κ3) is 5.71. The summed E-state index contributed by atoms with van der Waals surface area (Å²) in [5.41, 5.74) is 0.668. The summed E-state index contributed by atoms with van der Waals surface area (Å²) in [6, 6.07) is 5.92. The normalized spacial score (nSPS) is 13.5. The van der Waals surface area contributed by atoms with Gasteiger partial charge in [0.25, 0.3) is 5.69 Å². The van der Waals surface area contributed by atoms with Crippen LogP contribution in [0.5, 0.6) is 0 Å². The van der Waals surface area contributed by atoms with Crippen molar-refractivity contribution in [1.29, 1.82) is 0 Å². The molecule has 2 aromatic rings. The number of nitro benzene ring substituents is 1. The summed E-state index contributed by atoms with van der Waals surface area (Å²) in [4.78, 5) is 41.7. The first kappa shape index (κ1) is 19.7. The highest BCUT2D eigenvalue weighted by molar-refractivity contribution is 7.15. The summed E-state index contributed by atoms with van der Waals surface area (Å²) >= 11 is 1.38. The zero-order valence-corrected chi connectivity index (χ0v) is 16.1. The van der Waals surface area contributed by atoms with E-state index in [9.17, 15) is 19.7 Å². The summed E-state index contributed by atoms with van der Waals surface area (Å²) in [6.07, 6.45) is 6.78. The minimum absolute atomic E-state index is 0.00655. The molecule has 28 heavy (non-hydrogen) atoms. The molecule has 1 N–H and O–H groups in total. The van der Waals surface area contributed by atoms with E-state index in [2.05, 4.69) is 10.3 Å². The van der Waals surface area contributed by atoms with E-state index in [1.54, 1.807) is 24.4 Å². The van der Waals surface area contributed by atoms with Gasteiger partial charge in [0.15, 0.2) is 5.13 Å². The number of carbonyl (C=O) groups excluding carboxylic acids is 2. The average molecular weight is 400 g/mol. The Bertz CT molecular complexity index is 903. The van der Waals surface area contributed by atoms with Crippen molar-refractivity contribution >= 4 is 40.0 Å². The molecule has 1 aromatic carbocycles. The third-order valence-corrected chi connectivity index (χ3v) is 5.04. The number of nitrogens with zero attached hydrogens (tertiary/aromatic N) is 3. The molecule has 1 aliphatic carbocycles. The van der Waals surface area contributed by atoms with Crippen LogP contribution >= 0.6 is 11.3 Å². The average Bonchev–Trinajstić information content (AvgIpc) is 3.39. The van der Waals surface area contributed by atoms with Gasteiger partial charge in [-0.2, -0.15) is 0 Å². The van der Waals surface area contributed by atoms with Gasteiger partial charge in [-0.25, -0.2) is 4.98 Å². The molecule has 0 spiro atoms. The number of rotatable bonds is 8. The van der Waals surface area contributed by atoms with Crippen molar-refractivity contribution in [3.8, 4) is 0 Å². The fraction of sp³-hybridized carbons (Fsp3) is 0.316. The first-order valence-corrected chi connectivity index (χ1v) is 9.66. The molecule has 1 aliphatic rings. The number of hydrogen-bond donors (Lipinski definition) is 1. The van der Waals surface area contributed by atoms with Crippen molar-refractivity contribution in [1.82, 2.24) is 9.88 Å². The molecule has 2 amide bonds. The topological polar surface area (TPSA) is 105 Å². The lowest BCUT2D eigenvalue weighted by Crippen LogP contribution is -2.38. The summed E-state index contributed by atoms with van der Waals surface area (Å²) in [7, 11) is 0. The SMILES string of the molecule is Cc1cnc(NC(=O)CN(CC2CC2)C(=O)C=Cc2ccc([N+](=O)[O-])cc2)s1. The van der Waals surface area contributed by atoms with Crippen LogP contribution in [0, 0.1) is 23.0 Å². The molecule has 3 rings (SSSR count). The van der Waals surface area contributed by atoms with E-state index >= 15 is 0 Å². The number of benzene rings is 1. The van der Waals surface area contributed by atoms with Gasteiger partial charge in [0.05, 0.1) is 4.92 Å². The van der Waals surface area contributed by atoms with Gasteiger partial charge in [-0.05, 0) is 49.5 Å². The second-order valence-electron chi connectivity index (χ2n) is 6.67. The number of hydrogen-bond acceptors (Lipinski definition) is 6. The lowest BCUT2D eigenvalue weighted by Gasteiger charge is -2.20. The quantitative estimate of drug-likeness (QED) is 0.416. The molecule has 1 fully saturated rings. The number of thiazole rings is 1. The monoisotopic (exact) mass is 400 g/mol. The number of carbonyl (C=O) groups is 2. The molecule has 0 radical (unpaired) electrons. The van der Waals surface area contributed by atoms with Crippen molar-refractivity contribution < 1.29 is 14.5 Å². The summed E-state index contributed by atoms with van der Waals surface area (Å²) in [5.74, 6) is -0.116. The van der Waals surface area contributed by atoms with Gasteiger partial charge in [0, 0.05) is 35.8 Å². The molecule has 146 valence electrons. The van der Waals surface area contributed by atoms with Gasteiger partial charge in [0.2, 0.25) is 11.8 Å². The molecule has 0 saturated heterocycles. The Balaban J connectivity index is 1.62. The first-order chi connectivity index (χ1) is 13.4. The minimum atomic E-state index is -0.474. The van der Waals surface area contributed by atoms with Crippen molar-refractivity contribution in [3.05, 3.63) is 57.1 Å². The molecule has 0 bridgehead atoms. The van der Waals surface area contributed by atoms with Crippen LogP contribution in [0.1, 0.15) is 23.3 Å². The van der Waals surface area contributed by atoms with Gasteiger partial charge in [0.1, 0.15) is 6.54 Å². The van der Waals surface area contributed by atoms with Crippen LogP contribution in [0.3, 0.4) is 0 Å². The number of amides is 2. The fourth-order valence-corrected chi connectivity index (χ4v) is 3.25. The van der Waals surface area contributed by atoms with Crippen molar-refractivity contribution in [3.63, 3.8) is 0 Å². The van der Waals surface area contributed by atoms with Crippen molar-refractivity contribution in [2.24, 2.45) is 5.92 Å². The van der Waals surface area contributed by atoms with E-state index in [1.807, 2.05) is 6.92 Å². The van der Waals surface area contributed by atoms with Gasteiger partial charge < -0.3 is 10.2 Å². The highest BCUT2D eigenvalue weighted by Gasteiger charge is 2.27. The van der Waals surface area contributed by atoms with Crippen LogP contribution in [0.25, 0.3) is 6.08 Å². The maximum absolute atomic E-state index is 12.6. The van der Waals surface area contributed by atoms with E-state index in [4.69, 9.17) is 0 Å². The Labute approximate surface area is 166 Å². The molecular formula is C19H20N4O4S. The van der Waals surface area contributed by atoms with Crippen LogP contribution < -0.4 is 5.32 Å². The Hall–Kier alpha value is -3.07. The Morgan fingerprint density at radius 2 is 2.07 bits per heavy atom. The second kappa shape index (κ2) is 8.75. The Morgan fingerprint density at radius 1 is 1.36 bits per heavy atom. The van der Waals surface area contributed by atoms with Gasteiger partial charge in [-0.1, -0.05) is 0 Å². The summed E-state index contributed by atoms with van der Waals surface area (Å²) in [5, 5.41) is 13.9. The number of nitro groups is 1. The van der Waals surface area contributed by atoms with Gasteiger partial charge in [-0.3, -0.25) is 19.7 Å². The zero-order valence-electron chi connectivity index (χ0n) is 15.3. The van der Waals surface area contributed by atoms with E-state index in [0.717, 1.165) is 17.7 Å². The van der Waals surface area contributed by atoms with E-state index in [0.29, 0.717) is 23.2 Å². The molecule has 0 unspecified atom stereocenters. The number of aryl methyl sites for hydroxylation is 1. The zero-order chi connectivity index (χ0) is 20.1. The van der Waals surface area contributed by atoms with E-state index in [-0.39, 0.29) is 24.0 Å². The van der Waals surface area contributed by atoms with Crippen molar-refractivity contribution in [2.45, 2.75) is 19.8 Å². The lowest BCUT2D eigenvalue weighted by molar-refractivity contribution is -0.384. The smallest absolute Gasteiger partial charge is 0.269 e. The number of aromatic nitrogens is 1. The maximum atomic E-state index is 12.6. The predicted octanol–water partition coefficient (Wildman–Crippen LogP) is 3.25. The van der Waals surface area contributed by atoms with Crippen LogP contribution in [-0.4, -0.2) is 39.7 Å². The molecule has 0 aliphatic heterocycles. The second-order valence-corrected chi connectivity index (χ2v) is 7.90. The molecule has 8 nitrogen and oxygen atoms in total. The Kier molecular flexibility index (Phi) is 6.15. The molecular weight excluding hydrogens is 380 g/mol. The van der Waals surface area contributed by atoms with Crippen LogP contribution in [0.15, 0.2) is 36.5 Å². The lowest BCUT2D eigenvalue weighted by atomic mass is 10.2. The molecule has 1 aromatic heterocycles. The minimum Gasteiger partial charge on any atom is -0.330 e. The first-order valence-electron chi connectivity index (χ1n) is 8.84. The number of nitrogens with one attached hydrogen (secondary N) is 1. The van der Waals surface area contributed by atoms with Gasteiger partial charge >= 0.3 is 0 Å². The molecule has 1 heterocycles. The van der Waals surface area contributed by atoms with E-state index in [1.165, 1.54) is 34.4 Å². The highest BCUT2D eigenvalue weighted by atomic mass is 32.1. The highest BCUT2D eigenvalue weighted by Crippen LogP contribution is 2.30. The summed E-state index contributed by atoms with van der Waals surface area (Å²) < 4.78 is 0. The number of non-ortho nitro benzene ring substituents is 1. The Morgan fingerprint density at radius 3 is 2.64 bits per heavy atom. The standard InChI is InChI=1S/C19H20N4O4S/c1-13-10-20-19(28-13)21-17(24)12-22(11-15-2-3-15)18(25)9-6-14-4-7-16(8-5-14)23(26)27/h4-10,15H,2-3,11-12H2,1H3,(H,20,21,24). The molecule has 0 atom stereocenters. The predicted molar refractivity (Wildman–Crippen MR) is 107 cm³/mol. The van der Waals surface area contributed by atoms with Crippen LogP contribution in [0.2, 0.25) is 0 Å². The fourth-order valence-electron chi connectivity index (χ4n) is 2.57. The number of anilines is 1. The molecule has 9 heteroatoms. The molecule has 1 saturated carbocycles.